The van der Waals surface area contributed by atoms with Gasteiger partial charge in [-0.15, -0.1) is 11.6 Å². The van der Waals surface area contributed by atoms with E-state index in [9.17, 15) is 8.42 Å². The molecule has 0 amide bonds. The molecule has 1 rings (SSSR count). The second-order valence-corrected chi connectivity index (χ2v) is 5.71. The van der Waals surface area contributed by atoms with Crippen LogP contribution in [0.3, 0.4) is 0 Å². The molecule has 0 unspecified atom stereocenters. The third-order valence-corrected chi connectivity index (χ3v) is 3.83. The Kier molecular flexibility index (Phi) is 5.09. The first-order valence-electron chi connectivity index (χ1n) is 5.23. The molecule has 0 atom stereocenters. The van der Waals surface area contributed by atoms with Gasteiger partial charge in [-0.3, -0.25) is 4.72 Å². The fourth-order valence-corrected chi connectivity index (χ4v) is 2.67. The summed E-state index contributed by atoms with van der Waals surface area (Å²) in [5.74, 6) is 0.601. The van der Waals surface area contributed by atoms with Crippen LogP contribution in [-0.2, 0) is 15.9 Å². The first-order valence-corrected chi connectivity index (χ1v) is 7.41. The lowest BCUT2D eigenvalue weighted by atomic mass is 10.2. The van der Waals surface area contributed by atoms with Crippen LogP contribution in [0, 0.1) is 0 Å². The van der Waals surface area contributed by atoms with Crippen LogP contribution < -0.4 is 4.72 Å². The Balaban J connectivity index is 2.65. The van der Waals surface area contributed by atoms with Crippen molar-refractivity contribution in [3.05, 3.63) is 29.8 Å². The van der Waals surface area contributed by atoms with E-state index in [1.165, 1.54) is 0 Å². The van der Waals surface area contributed by atoms with Crippen LogP contribution in [0.15, 0.2) is 24.3 Å². The quantitative estimate of drug-likeness (QED) is 0.801. The van der Waals surface area contributed by atoms with Crippen LogP contribution >= 0.6 is 11.6 Å². The summed E-state index contributed by atoms with van der Waals surface area (Å²) in [6, 6.07) is 7.07. The minimum atomic E-state index is -3.20. The summed E-state index contributed by atoms with van der Waals surface area (Å²) >= 11 is 5.64. The first kappa shape index (κ1) is 13.3. The average molecular weight is 262 g/mol. The molecule has 1 N–H and O–H groups in total. The first-order chi connectivity index (χ1) is 7.57. The van der Waals surface area contributed by atoms with Crippen LogP contribution in [0.5, 0.6) is 0 Å². The highest BCUT2D eigenvalue weighted by molar-refractivity contribution is 7.92. The van der Waals surface area contributed by atoms with E-state index in [4.69, 9.17) is 11.6 Å². The molecule has 0 saturated carbocycles. The molecule has 0 fully saturated rings. The fraction of sp³-hybridized carbons (Fsp3) is 0.455. The second-order valence-electron chi connectivity index (χ2n) is 3.61. The van der Waals surface area contributed by atoms with Gasteiger partial charge in [-0.1, -0.05) is 25.5 Å². The topological polar surface area (TPSA) is 46.2 Å². The van der Waals surface area contributed by atoms with Crippen LogP contribution in [0.1, 0.15) is 25.3 Å². The van der Waals surface area contributed by atoms with Crippen molar-refractivity contribution < 1.29 is 8.42 Å². The largest absolute Gasteiger partial charge is 0.284 e. The number of rotatable bonds is 6. The number of benzene rings is 1. The molecule has 1 aromatic rings. The zero-order valence-corrected chi connectivity index (χ0v) is 10.8. The lowest BCUT2D eigenvalue weighted by molar-refractivity contribution is 0.598. The Hall–Kier alpha value is -0.740. The minimum absolute atomic E-state index is 0.167. The molecule has 0 aliphatic carbocycles. The summed E-state index contributed by atoms with van der Waals surface area (Å²) in [5.41, 5.74) is 1.56. The van der Waals surface area contributed by atoms with Gasteiger partial charge in [0, 0.05) is 11.6 Å². The summed E-state index contributed by atoms with van der Waals surface area (Å²) in [4.78, 5) is 0. The fourth-order valence-electron chi connectivity index (χ4n) is 1.23. The highest BCUT2D eigenvalue weighted by Gasteiger charge is 2.08. The van der Waals surface area contributed by atoms with E-state index in [0.29, 0.717) is 18.0 Å². The normalized spacial score (nSPS) is 11.4. The lowest BCUT2D eigenvalue weighted by Crippen LogP contribution is -2.16. The van der Waals surface area contributed by atoms with Gasteiger partial charge in [-0.05, 0) is 24.1 Å². The summed E-state index contributed by atoms with van der Waals surface area (Å²) in [6.07, 6.45) is 1.54. The van der Waals surface area contributed by atoms with Crippen molar-refractivity contribution in [2.45, 2.75) is 25.6 Å². The van der Waals surface area contributed by atoms with Gasteiger partial charge in [-0.25, -0.2) is 8.42 Å². The van der Waals surface area contributed by atoms with Gasteiger partial charge in [0.1, 0.15) is 0 Å². The summed E-state index contributed by atoms with van der Waals surface area (Å²) in [6.45, 7) is 1.96. The molecule has 0 heterocycles. The Morgan fingerprint density at radius 3 is 2.38 bits per heavy atom. The van der Waals surface area contributed by atoms with Gasteiger partial charge >= 0.3 is 0 Å². The van der Waals surface area contributed by atoms with Gasteiger partial charge in [-0.2, -0.15) is 0 Å². The number of alkyl halides is 1. The standard InChI is InChI=1S/C11H16ClNO2S/c1-2-3-8-16(14,15)13-11-6-4-10(9-12)5-7-11/h4-7,13H,2-3,8-9H2,1H3. The number of hydrogen-bond donors (Lipinski definition) is 1. The van der Waals surface area contributed by atoms with Gasteiger partial charge in [0.05, 0.1) is 5.75 Å². The third kappa shape index (κ3) is 4.41. The number of halogens is 1. The molecular formula is C11H16ClNO2S. The highest BCUT2D eigenvalue weighted by Crippen LogP contribution is 2.13. The van der Waals surface area contributed by atoms with E-state index >= 15 is 0 Å². The molecular weight excluding hydrogens is 246 g/mol. The SMILES string of the molecule is CCCCS(=O)(=O)Nc1ccc(CCl)cc1. The van der Waals surface area contributed by atoms with E-state index < -0.39 is 10.0 Å². The van der Waals surface area contributed by atoms with Crippen molar-refractivity contribution in [1.82, 2.24) is 0 Å². The van der Waals surface area contributed by atoms with Crippen LogP contribution in [0.25, 0.3) is 0 Å². The lowest BCUT2D eigenvalue weighted by Gasteiger charge is -2.07. The zero-order valence-electron chi connectivity index (χ0n) is 9.24. The summed E-state index contributed by atoms with van der Waals surface area (Å²) < 4.78 is 25.7. The maximum absolute atomic E-state index is 11.6. The van der Waals surface area contributed by atoms with E-state index in [-0.39, 0.29) is 5.75 Å². The molecule has 90 valence electrons. The molecule has 1 aromatic carbocycles. The number of hydrogen-bond acceptors (Lipinski definition) is 2. The zero-order chi connectivity index (χ0) is 12.0. The number of sulfonamides is 1. The van der Waals surface area contributed by atoms with Crippen molar-refractivity contribution in [2.75, 3.05) is 10.5 Å². The van der Waals surface area contributed by atoms with E-state index in [0.717, 1.165) is 12.0 Å². The van der Waals surface area contributed by atoms with Gasteiger partial charge < -0.3 is 0 Å². The molecule has 16 heavy (non-hydrogen) atoms. The highest BCUT2D eigenvalue weighted by atomic mass is 35.5. The van der Waals surface area contributed by atoms with Crippen LogP contribution in [0.2, 0.25) is 0 Å². The maximum atomic E-state index is 11.6. The molecule has 0 spiro atoms. The molecule has 0 bridgehead atoms. The monoisotopic (exact) mass is 261 g/mol. The Morgan fingerprint density at radius 1 is 1.25 bits per heavy atom. The number of anilines is 1. The molecule has 0 aromatic heterocycles. The van der Waals surface area contributed by atoms with E-state index in [1.807, 2.05) is 19.1 Å². The van der Waals surface area contributed by atoms with E-state index in [2.05, 4.69) is 4.72 Å². The molecule has 0 aliphatic heterocycles. The van der Waals surface area contributed by atoms with Gasteiger partial charge in [0.15, 0.2) is 0 Å². The summed E-state index contributed by atoms with van der Waals surface area (Å²) in [5, 5.41) is 0. The number of nitrogens with one attached hydrogen (secondary N) is 1. The van der Waals surface area contributed by atoms with E-state index in [1.54, 1.807) is 12.1 Å². The van der Waals surface area contributed by atoms with Crippen LogP contribution in [0.4, 0.5) is 5.69 Å². The van der Waals surface area contributed by atoms with Crippen molar-refractivity contribution in [1.29, 1.82) is 0 Å². The smallest absolute Gasteiger partial charge is 0.232 e. The molecule has 3 nitrogen and oxygen atoms in total. The van der Waals surface area contributed by atoms with Gasteiger partial charge in [0.2, 0.25) is 10.0 Å². The minimum Gasteiger partial charge on any atom is -0.284 e. The Morgan fingerprint density at radius 2 is 1.88 bits per heavy atom. The third-order valence-electron chi connectivity index (χ3n) is 2.15. The molecule has 0 radical (unpaired) electrons. The average Bonchev–Trinajstić information content (AvgIpc) is 2.27. The van der Waals surface area contributed by atoms with Crippen LogP contribution in [-0.4, -0.2) is 14.2 Å². The van der Waals surface area contributed by atoms with Crippen molar-refractivity contribution >= 4 is 27.3 Å². The van der Waals surface area contributed by atoms with Gasteiger partial charge in [0.25, 0.3) is 0 Å². The van der Waals surface area contributed by atoms with Crippen molar-refractivity contribution in [2.24, 2.45) is 0 Å². The number of unbranched alkanes of at least 4 members (excludes halogenated alkanes) is 1. The predicted molar refractivity (Wildman–Crippen MR) is 68.3 cm³/mol. The second kappa shape index (κ2) is 6.11. The molecule has 0 saturated heterocycles. The predicted octanol–water partition coefficient (Wildman–Crippen LogP) is 2.97. The maximum Gasteiger partial charge on any atom is 0.232 e. The molecule has 0 aliphatic rings. The summed E-state index contributed by atoms with van der Waals surface area (Å²) in [7, 11) is -3.20. The van der Waals surface area contributed by atoms with Crippen molar-refractivity contribution in [3.8, 4) is 0 Å². The molecule has 5 heteroatoms. The van der Waals surface area contributed by atoms with Crippen molar-refractivity contribution in [3.63, 3.8) is 0 Å². The Bertz CT molecular complexity index is 414. The Labute approximate surface area is 102 Å².